The van der Waals surface area contributed by atoms with E-state index in [0.29, 0.717) is 36.8 Å². The Morgan fingerprint density at radius 3 is 2.26 bits per heavy atom. The number of hydrogen-bond donors (Lipinski definition) is 5. The number of nitrogens with zero attached hydrogens (tertiary/aromatic N) is 2. The van der Waals surface area contributed by atoms with Crippen molar-refractivity contribution < 1.29 is 53.7 Å². The third-order valence-electron chi connectivity index (χ3n) is 11.9. The first kappa shape index (κ1) is 47.2. The normalized spacial score (nSPS) is 36.8. The van der Waals surface area contributed by atoms with Crippen LogP contribution in [0.5, 0.6) is 11.5 Å². The fourth-order valence-electron chi connectivity index (χ4n) is 8.45. The van der Waals surface area contributed by atoms with Crippen molar-refractivity contribution in [2.45, 2.75) is 148 Å². The van der Waals surface area contributed by atoms with Gasteiger partial charge in [-0.05, 0) is 97.5 Å². The van der Waals surface area contributed by atoms with Crippen molar-refractivity contribution >= 4 is 17.7 Å². The molecule has 2 saturated heterocycles. The van der Waals surface area contributed by atoms with Crippen molar-refractivity contribution in [3.05, 3.63) is 54.6 Å². The smallest absolute Gasteiger partial charge is 0.324 e. The molecular formula is C44H69N3O11. The average Bonchev–Trinajstić information content (AvgIpc) is 3.19. The van der Waals surface area contributed by atoms with E-state index in [0.717, 1.165) is 0 Å². The molecule has 326 valence electrons. The van der Waals surface area contributed by atoms with Gasteiger partial charge < -0.3 is 54.3 Å². The van der Waals surface area contributed by atoms with Gasteiger partial charge in [0.2, 0.25) is 0 Å². The van der Waals surface area contributed by atoms with Gasteiger partial charge in [-0.25, -0.2) is 4.79 Å². The fraction of sp³-hybridized carbons (Fsp3) is 0.682. The van der Waals surface area contributed by atoms with Crippen molar-refractivity contribution in [1.82, 2.24) is 10.2 Å². The number of carbonyl (C=O) groups excluding carboxylic acids is 2. The highest BCUT2D eigenvalue weighted by molar-refractivity contribution is 5.91. The van der Waals surface area contributed by atoms with Gasteiger partial charge in [-0.15, -0.1) is 0 Å². The monoisotopic (exact) mass is 815 g/mol. The van der Waals surface area contributed by atoms with Crippen LogP contribution in [0.25, 0.3) is 0 Å². The summed E-state index contributed by atoms with van der Waals surface area (Å²) in [6, 6.07) is 15.0. The quantitative estimate of drug-likeness (QED) is 0.220. The Balaban J connectivity index is 1.77. The second-order valence-electron chi connectivity index (χ2n) is 17.0. The molecule has 0 radical (unpaired) electrons. The highest BCUT2D eigenvalue weighted by Gasteiger charge is 2.51. The molecule has 58 heavy (non-hydrogen) atoms. The number of rotatable bonds is 9. The van der Waals surface area contributed by atoms with Gasteiger partial charge in [-0.3, -0.25) is 9.69 Å². The zero-order valence-corrected chi connectivity index (χ0v) is 36.2. The first-order valence-corrected chi connectivity index (χ1v) is 20.7. The van der Waals surface area contributed by atoms with Crippen LogP contribution in [0.4, 0.5) is 10.5 Å². The molecule has 2 aromatic rings. The zero-order chi connectivity index (χ0) is 43.1. The molecular weight excluding hydrogens is 746 g/mol. The van der Waals surface area contributed by atoms with Gasteiger partial charge in [0, 0.05) is 37.8 Å². The molecule has 14 nitrogen and oxygen atoms in total. The number of hydrogen-bond acceptors (Lipinski definition) is 12. The van der Waals surface area contributed by atoms with E-state index >= 15 is 0 Å². The summed E-state index contributed by atoms with van der Waals surface area (Å²) in [7, 11) is 3.42. The number of esters is 1. The number of carbonyl (C=O) groups is 2. The van der Waals surface area contributed by atoms with E-state index in [2.05, 4.69) is 5.32 Å². The van der Waals surface area contributed by atoms with Crippen molar-refractivity contribution in [3.8, 4) is 11.5 Å². The molecule has 14 heteroatoms. The van der Waals surface area contributed by atoms with E-state index in [4.69, 9.17) is 23.7 Å². The summed E-state index contributed by atoms with van der Waals surface area (Å²) >= 11 is 0. The van der Waals surface area contributed by atoms with Crippen LogP contribution in [0.3, 0.4) is 0 Å². The molecule has 4 rings (SSSR count). The van der Waals surface area contributed by atoms with Crippen LogP contribution in [0.1, 0.15) is 81.6 Å². The van der Waals surface area contributed by atoms with Crippen LogP contribution in [0.2, 0.25) is 0 Å². The Morgan fingerprint density at radius 2 is 1.62 bits per heavy atom. The van der Waals surface area contributed by atoms with E-state index < -0.39 is 84.0 Å². The maximum atomic E-state index is 14.1. The third kappa shape index (κ3) is 11.2. The lowest BCUT2D eigenvalue weighted by molar-refractivity contribution is -0.293. The second kappa shape index (κ2) is 20.2. The SMILES string of the molecule is CCOc1cccc(O[C@H]2[C@H](O[C@@H]3[C@@H](C)[C@H](O)[C@@H](C)C(=O)O[C@H](CC)[C@@](C)(O)[C@H](O)[C@@H](C)NC[C@H](C)C[C@@]3(C)O)O[C@H](C)C[C@@H]2N(C)C(=O)N(C)c2ccccc2)c1. The number of ether oxygens (including phenoxy) is 5. The predicted molar refractivity (Wildman–Crippen MR) is 221 cm³/mol. The Bertz CT molecular complexity index is 1610. The maximum absolute atomic E-state index is 14.1. The van der Waals surface area contributed by atoms with E-state index in [-0.39, 0.29) is 24.8 Å². The summed E-state index contributed by atoms with van der Waals surface area (Å²) in [5.41, 5.74) is -2.72. The van der Waals surface area contributed by atoms with Crippen molar-refractivity contribution in [3.63, 3.8) is 0 Å². The lowest BCUT2D eigenvalue weighted by Gasteiger charge is -2.48. The van der Waals surface area contributed by atoms with E-state index in [1.54, 1.807) is 69.8 Å². The first-order chi connectivity index (χ1) is 27.2. The number of anilines is 1. The molecule has 0 aliphatic carbocycles. The largest absolute Gasteiger partial charge is 0.494 e. The van der Waals surface area contributed by atoms with Gasteiger partial charge in [-0.1, -0.05) is 45.0 Å². The zero-order valence-electron chi connectivity index (χ0n) is 36.2. The fourth-order valence-corrected chi connectivity index (χ4v) is 8.45. The van der Waals surface area contributed by atoms with Crippen LogP contribution in [-0.2, 0) is 19.0 Å². The summed E-state index contributed by atoms with van der Waals surface area (Å²) in [5, 5.41) is 50.4. The van der Waals surface area contributed by atoms with Crippen LogP contribution < -0.4 is 19.7 Å². The van der Waals surface area contributed by atoms with Crippen molar-refractivity contribution in [2.75, 3.05) is 32.1 Å². The number of likely N-dealkylation sites (N-methyl/N-ethyl adjacent to an activating group) is 1. The lowest BCUT2D eigenvalue weighted by Crippen LogP contribution is -2.62. The molecule has 5 N–H and O–H groups in total. The predicted octanol–water partition coefficient (Wildman–Crippen LogP) is 4.75. The number of aliphatic hydroxyl groups is 4. The Kier molecular flexibility index (Phi) is 16.4. The molecule has 2 amide bonds. The van der Waals surface area contributed by atoms with Crippen LogP contribution in [0.15, 0.2) is 54.6 Å². The molecule has 2 aliphatic heterocycles. The molecule has 0 bridgehead atoms. The van der Waals surface area contributed by atoms with E-state index in [9.17, 15) is 30.0 Å². The maximum Gasteiger partial charge on any atom is 0.324 e. The molecule has 2 aromatic carbocycles. The van der Waals surface area contributed by atoms with Gasteiger partial charge in [0.15, 0.2) is 12.4 Å². The highest BCUT2D eigenvalue weighted by atomic mass is 16.7. The standard InChI is InChI=1S/C44H69N3O11/c1-12-35-44(9,53)38(49)30(7)45-25-26(3)24-43(8,52)39(28(5)36(48)29(6)40(50)57-35)58-41-37(56-33-21-17-20-32(23-33)54-13-2)34(22-27(4)55-41)47(11)42(51)46(10)31-18-15-14-16-19-31/h14-21,23,26-30,34-39,41,45,48-49,52-53H,12-13,22,24-25H2,1-11H3/t26-,27-,28+,29-,30-,34+,35-,36+,37-,38-,39-,41+,43-,44-/m1/s1. The first-order valence-electron chi connectivity index (χ1n) is 20.7. The van der Waals surface area contributed by atoms with Crippen molar-refractivity contribution in [2.24, 2.45) is 17.8 Å². The van der Waals surface area contributed by atoms with E-state index in [1.807, 2.05) is 57.2 Å². The Hall–Kier alpha value is -3.50. The van der Waals surface area contributed by atoms with Crippen LogP contribution in [0, 0.1) is 17.8 Å². The van der Waals surface area contributed by atoms with Gasteiger partial charge in [0.25, 0.3) is 0 Å². The number of aliphatic hydroxyl groups excluding tert-OH is 2. The number of nitrogens with one attached hydrogen (secondary N) is 1. The van der Waals surface area contributed by atoms with Crippen molar-refractivity contribution in [1.29, 1.82) is 0 Å². The number of amides is 2. The lowest BCUT2D eigenvalue weighted by atomic mass is 9.78. The third-order valence-corrected chi connectivity index (χ3v) is 11.9. The summed E-state index contributed by atoms with van der Waals surface area (Å²) in [5.74, 6) is -1.95. The molecule has 2 aliphatic rings. The second-order valence-corrected chi connectivity index (χ2v) is 17.0. The Morgan fingerprint density at radius 1 is 0.966 bits per heavy atom. The molecule has 2 heterocycles. The minimum atomic E-state index is -1.80. The van der Waals surface area contributed by atoms with Gasteiger partial charge in [-0.2, -0.15) is 0 Å². The minimum Gasteiger partial charge on any atom is -0.494 e. The summed E-state index contributed by atoms with van der Waals surface area (Å²) in [4.78, 5) is 31.0. The topological polar surface area (TPSA) is 180 Å². The molecule has 14 atom stereocenters. The Labute approximate surface area is 344 Å². The summed E-state index contributed by atoms with van der Waals surface area (Å²) < 4.78 is 31.7. The molecule has 2 fully saturated rings. The van der Waals surface area contributed by atoms with Gasteiger partial charge in [0.1, 0.15) is 29.3 Å². The summed E-state index contributed by atoms with van der Waals surface area (Å²) in [6.45, 7) is 16.3. The molecule has 0 spiro atoms. The number of para-hydroxylation sites is 1. The average molecular weight is 816 g/mol. The number of benzene rings is 2. The minimum absolute atomic E-state index is 0.172. The number of urea groups is 1. The van der Waals surface area contributed by atoms with Gasteiger partial charge in [0.05, 0.1) is 42.5 Å². The van der Waals surface area contributed by atoms with E-state index in [1.165, 1.54) is 13.8 Å². The van der Waals surface area contributed by atoms with Crippen LogP contribution >= 0.6 is 0 Å². The van der Waals surface area contributed by atoms with Crippen LogP contribution in [-0.4, -0.2) is 131 Å². The molecule has 0 aromatic heterocycles. The number of cyclic esters (lactones) is 1. The summed E-state index contributed by atoms with van der Waals surface area (Å²) in [6.07, 6.45) is -6.71. The van der Waals surface area contributed by atoms with Gasteiger partial charge >= 0.3 is 12.0 Å². The highest BCUT2D eigenvalue weighted by Crippen LogP contribution is 2.38. The molecule has 0 unspecified atom stereocenters. The molecule has 0 saturated carbocycles.